The van der Waals surface area contributed by atoms with Gasteiger partial charge in [-0.2, -0.15) is 0 Å². The molecule has 0 fully saturated rings. The summed E-state index contributed by atoms with van der Waals surface area (Å²) in [4.78, 5) is 145. The van der Waals surface area contributed by atoms with Gasteiger partial charge in [-0.1, -0.05) is 24.3 Å². The molecule has 0 atom stereocenters. The number of carbonyl (C=O) groups excluding carboxylic acids is 8. The first kappa shape index (κ1) is 64.8. The Bertz CT molecular complexity index is 3680. The molecular formula is C68H68CuN12O8. The van der Waals surface area contributed by atoms with E-state index in [0.717, 1.165) is 0 Å². The molecule has 8 amide bonds. The number of hydrogen-bond donors (Lipinski definition) is 0. The van der Waals surface area contributed by atoms with Crippen LogP contribution >= 0.6 is 0 Å². The Labute approximate surface area is 527 Å². The van der Waals surface area contributed by atoms with Crippen molar-refractivity contribution in [1.29, 1.82) is 0 Å². The first-order valence-corrected chi connectivity index (χ1v) is 27.9. The van der Waals surface area contributed by atoms with E-state index in [1.165, 1.54) is 39.2 Å². The van der Waals surface area contributed by atoms with Crippen molar-refractivity contribution in [3.05, 3.63) is 164 Å². The number of benzene rings is 4. The molecular weight excluding hydrogens is 1180 g/mol. The Morgan fingerprint density at radius 2 is 0.404 bits per heavy atom. The van der Waals surface area contributed by atoms with E-state index in [1.54, 1.807) is 234 Å². The number of nitrogens with zero attached hydrogens (tertiary/aromatic N) is 12. The standard InChI is InChI=1S/C68H68N12O8.Cu/c1-73(2)61(81)41-25-37(26-42(33-41)62(82)74(3)4)57-49-17-19-51(69-49)58(38-27-43(63(83)75(5)6)34-44(28-38)64(84)76(7)8)53-21-23-55(71-53)60(40-31-47(67(87)79(13)14)36-48(32-40)68(88)80(15)16)56-24-22-54(72-56)59(52-20-18-50(57)70-52)39-29-45(65(85)77(9)10)35-46(30-39)66(86)78(11)12;/h17-36H,1-16H3;/q-2;+2. The van der Waals surface area contributed by atoms with E-state index in [1.807, 2.05) is 0 Å². The normalized spacial score (nSPS) is 11.3. The second-order valence-corrected chi connectivity index (χ2v) is 23.2. The van der Waals surface area contributed by atoms with Crippen LogP contribution in [-0.4, -0.2) is 209 Å². The van der Waals surface area contributed by atoms with Crippen LogP contribution in [-0.2, 0) is 17.1 Å². The van der Waals surface area contributed by atoms with E-state index in [9.17, 15) is 38.4 Å². The predicted molar refractivity (Wildman–Crippen MR) is 343 cm³/mol. The summed E-state index contributed by atoms with van der Waals surface area (Å²) >= 11 is 0. The van der Waals surface area contributed by atoms with Crippen molar-refractivity contribution in [3.63, 3.8) is 0 Å². The summed E-state index contributed by atoms with van der Waals surface area (Å²) in [6.07, 6.45) is 7.09. The van der Waals surface area contributed by atoms with Crippen LogP contribution in [0.3, 0.4) is 0 Å². The maximum atomic E-state index is 14.1. The summed E-state index contributed by atoms with van der Waals surface area (Å²) in [5.74, 6) is -3.03. The fraction of sp³-hybridized carbons (Fsp3) is 0.235. The summed E-state index contributed by atoms with van der Waals surface area (Å²) in [7, 11) is 25.8. The van der Waals surface area contributed by atoms with Crippen molar-refractivity contribution in [2.45, 2.75) is 0 Å². The Morgan fingerprint density at radius 3 is 0.539 bits per heavy atom. The van der Waals surface area contributed by atoms with Crippen LogP contribution in [0.25, 0.3) is 90.9 Å². The SMILES string of the molecule is CN(C)C(=O)c1cc(C(=O)N(C)C)cc(-c2c3nc(c(-c4cc(C(=O)N(C)C)cc(C(=O)N(C)C)c4)c4ccc([n-]4)c(-c4cc(C(=O)N(C)C)cc(C(=O)N(C)C)c4)c4nc(c(-c5cc(C(=O)N(C)C)cc(C(=O)N(C)C)c5)c5ccc2[n-]5)C=C4)C=C3)c1.[Cu+2]. The monoisotopic (exact) mass is 1240 g/mol. The molecule has 0 saturated heterocycles. The van der Waals surface area contributed by atoms with Crippen molar-refractivity contribution < 1.29 is 55.4 Å². The van der Waals surface area contributed by atoms with Crippen LogP contribution in [0.2, 0.25) is 0 Å². The Balaban J connectivity index is 0.0000102. The largest absolute Gasteiger partial charge is 2.00 e. The third-order valence-corrected chi connectivity index (χ3v) is 14.7. The Hall–Kier alpha value is -10.2. The molecule has 9 rings (SSSR count). The third-order valence-electron chi connectivity index (χ3n) is 14.7. The Kier molecular flexibility index (Phi) is 18.6. The van der Waals surface area contributed by atoms with Gasteiger partial charge in [0.15, 0.2) is 0 Å². The fourth-order valence-corrected chi connectivity index (χ4v) is 10.4. The van der Waals surface area contributed by atoms with Gasteiger partial charge in [0.25, 0.3) is 47.3 Å². The quantitative estimate of drug-likeness (QED) is 0.106. The van der Waals surface area contributed by atoms with Gasteiger partial charge in [0.1, 0.15) is 0 Å². The van der Waals surface area contributed by atoms with Gasteiger partial charge in [-0.05, 0) is 142 Å². The van der Waals surface area contributed by atoms with Gasteiger partial charge in [-0.15, -0.1) is 22.1 Å². The van der Waals surface area contributed by atoms with E-state index in [0.29, 0.717) is 89.4 Å². The van der Waals surface area contributed by atoms with Crippen LogP contribution in [0.5, 0.6) is 0 Å². The second-order valence-electron chi connectivity index (χ2n) is 23.2. The molecule has 7 aromatic rings. The molecule has 0 saturated carbocycles. The zero-order valence-electron chi connectivity index (χ0n) is 52.5. The van der Waals surface area contributed by atoms with Crippen molar-refractivity contribution in [1.82, 2.24) is 59.1 Å². The van der Waals surface area contributed by atoms with Gasteiger partial charge >= 0.3 is 17.1 Å². The van der Waals surface area contributed by atoms with Crippen molar-refractivity contribution in [2.24, 2.45) is 0 Å². The van der Waals surface area contributed by atoms with Gasteiger partial charge in [0, 0.05) is 157 Å². The average Bonchev–Trinajstić information content (AvgIpc) is 2.14. The van der Waals surface area contributed by atoms with Gasteiger partial charge in [-0.3, -0.25) is 38.4 Å². The van der Waals surface area contributed by atoms with E-state index < -0.39 is 0 Å². The minimum Gasteiger partial charge on any atom is -0.657 e. The van der Waals surface area contributed by atoms with Crippen molar-refractivity contribution in [3.8, 4) is 44.5 Å². The van der Waals surface area contributed by atoms with Gasteiger partial charge in [0.2, 0.25) is 0 Å². The molecule has 2 aliphatic heterocycles. The van der Waals surface area contributed by atoms with Crippen LogP contribution < -0.4 is 9.97 Å². The van der Waals surface area contributed by atoms with Crippen LogP contribution in [0.1, 0.15) is 106 Å². The molecule has 3 aromatic heterocycles. The molecule has 5 heterocycles. The van der Waals surface area contributed by atoms with Gasteiger partial charge < -0.3 is 49.2 Å². The topological polar surface area (TPSA) is 216 Å². The van der Waals surface area contributed by atoms with Crippen LogP contribution in [0, 0.1) is 0 Å². The minimum absolute atomic E-state index is 0. The summed E-state index contributed by atoms with van der Waals surface area (Å²) in [5.41, 5.74) is 7.45. The summed E-state index contributed by atoms with van der Waals surface area (Å²) in [6, 6.07) is 26.7. The van der Waals surface area contributed by atoms with Crippen molar-refractivity contribution in [2.75, 3.05) is 113 Å². The molecule has 0 spiro atoms. The molecule has 21 heteroatoms. The maximum Gasteiger partial charge on any atom is 2.00 e. The Morgan fingerprint density at radius 1 is 0.258 bits per heavy atom. The average molecular weight is 1240 g/mol. The van der Waals surface area contributed by atoms with E-state index >= 15 is 0 Å². The summed E-state index contributed by atoms with van der Waals surface area (Å²) in [5, 5.41) is 0. The third kappa shape index (κ3) is 12.9. The molecule has 4 aromatic carbocycles. The molecule has 0 N–H and O–H groups in total. The molecule has 20 nitrogen and oxygen atoms in total. The number of aromatic nitrogens is 4. The number of carbonyl (C=O) groups is 8. The minimum atomic E-state index is -0.378. The molecule has 1 radical (unpaired) electrons. The van der Waals surface area contributed by atoms with Gasteiger partial charge in [0.05, 0.1) is 22.8 Å². The van der Waals surface area contributed by atoms with E-state index in [-0.39, 0.29) is 109 Å². The number of amides is 8. The first-order chi connectivity index (χ1) is 41.5. The van der Waals surface area contributed by atoms with Crippen LogP contribution in [0.4, 0.5) is 0 Å². The molecule has 2 aliphatic rings. The summed E-state index contributed by atoms with van der Waals surface area (Å²) in [6.45, 7) is 0. The smallest absolute Gasteiger partial charge is 0.657 e. The number of rotatable bonds is 12. The van der Waals surface area contributed by atoms with E-state index in [2.05, 4.69) is 0 Å². The first-order valence-electron chi connectivity index (χ1n) is 27.9. The summed E-state index contributed by atoms with van der Waals surface area (Å²) < 4.78 is 0. The van der Waals surface area contributed by atoms with Crippen LogP contribution in [0.15, 0.2) is 97.1 Å². The van der Waals surface area contributed by atoms with Crippen molar-refractivity contribution >= 4 is 93.6 Å². The maximum absolute atomic E-state index is 14.1. The number of hydrogen-bond acceptors (Lipinski definition) is 10. The predicted octanol–water partition coefficient (Wildman–Crippen LogP) is 8.19. The fourth-order valence-electron chi connectivity index (χ4n) is 10.4. The molecule has 459 valence electrons. The van der Waals surface area contributed by atoms with E-state index in [4.69, 9.17) is 19.9 Å². The zero-order valence-corrected chi connectivity index (χ0v) is 53.4. The molecule has 8 bridgehead atoms. The molecule has 0 unspecified atom stereocenters. The number of fused-ring (bicyclic) bond motifs is 8. The zero-order chi connectivity index (χ0) is 64.1. The molecule has 89 heavy (non-hydrogen) atoms. The second kappa shape index (κ2) is 25.6. The molecule has 0 aliphatic carbocycles. The van der Waals surface area contributed by atoms with Gasteiger partial charge in [-0.25, -0.2) is 9.97 Å².